The molecule has 2 N–H and O–H groups in total. The number of rotatable bonds is 5. The fraction of sp³-hybridized carbons (Fsp3) is 0.478. The van der Waals surface area contributed by atoms with Crippen LogP contribution in [0.25, 0.3) is 11.1 Å². The second-order valence-electron chi connectivity index (χ2n) is 9.05. The lowest BCUT2D eigenvalue weighted by Crippen LogP contribution is -2.52. The highest BCUT2D eigenvalue weighted by Gasteiger charge is 2.36. The van der Waals surface area contributed by atoms with Gasteiger partial charge in [0.25, 0.3) is 0 Å². The Hall–Kier alpha value is -3.56. The van der Waals surface area contributed by atoms with E-state index in [0.717, 1.165) is 18.4 Å². The average Bonchev–Trinajstić information content (AvgIpc) is 3.48. The van der Waals surface area contributed by atoms with Crippen molar-refractivity contribution in [3.63, 3.8) is 0 Å². The summed E-state index contributed by atoms with van der Waals surface area (Å²) in [5, 5.41) is 17.0. The number of anilines is 3. The molecule has 1 saturated carbocycles. The van der Waals surface area contributed by atoms with Gasteiger partial charge < -0.3 is 14.7 Å². The van der Waals surface area contributed by atoms with Crippen LogP contribution in [0.3, 0.4) is 0 Å². The van der Waals surface area contributed by atoms with E-state index in [1.807, 2.05) is 31.6 Å². The zero-order chi connectivity index (χ0) is 23.9. The summed E-state index contributed by atoms with van der Waals surface area (Å²) in [6.07, 6.45) is 4.27. The number of carboxylic acid groups (broad SMARTS) is 1. The fourth-order valence-corrected chi connectivity index (χ4v) is 4.20. The monoisotopic (exact) mass is 455 g/mol. The third-order valence-electron chi connectivity index (χ3n) is 5.89. The molecule has 33 heavy (non-hydrogen) atoms. The predicted octanol–water partition coefficient (Wildman–Crippen LogP) is 4.33. The first kappa shape index (κ1) is 22.6. The Labute approximate surface area is 192 Å². The molecule has 1 atom stereocenters. The van der Waals surface area contributed by atoms with Gasteiger partial charge in [0.15, 0.2) is 0 Å². The number of methoxy groups -OCH3 is 1. The van der Waals surface area contributed by atoms with E-state index in [4.69, 9.17) is 4.74 Å². The SMILES string of the molecule is COC(=O)Nc1cc2c(cc1-c1cnn(C3CC3)c1)N(C(=O)O)CC(C)N2C(=O)CC(C)C. The van der Waals surface area contributed by atoms with Gasteiger partial charge in [-0.3, -0.25) is 19.7 Å². The van der Waals surface area contributed by atoms with Gasteiger partial charge in [0.05, 0.1) is 42.5 Å². The van der Waals surface area contributed by atoms with Crippen LogP contribution < -0.4 is 15.1 Å². The predicted molar refractivity (Wildman–Crippen MR) is 124 cm³/mol. The number of hydrogen-bond acceptors (Lipinski definition) is 5. The first-order valence-corrected chi connectivity index (χ1v) is 11.1. The van der Waals surface area contributed by atoms with Crippen molar-refractivity contribution in [2.75, 3.05) is 28.8 Å². The van der Waals surface area contributed by atoms with Gasteiger partial charge in [-0.1, -0.05) is 13.8 Å². The summed E-state index contributed by atoms with van der Waals surface area (Å²) < 4.78 is 6.68. The molecule has 1 unspecified atom stereocenters. The molecule has 1 aromatic heterocycles. The molecule has 3 amide bonds. The topological polar surface area (TPSA) is 117 Å². The number of nitrogens with zero attached hydrogens (tertiary/aromatic N) is 4. The molecular weight excluding hydrogens is 426 g/mol. The highest BCUT2D eigenvalue weighted by molar-refractivity contribution is 6.06. The van der Waals surface area contributed by atoms with Gasteiger partial charge in [0.2, 0.25) is 5.91 Å². The Morgan fingerprint density at radius 3 is 2.58 bits per heavy atom. The normalized spacial score (nSPS) is 17.7. The number of carbonyl (C=O) groups is 3. The first-order chi connectivity index (χ1) is 15.7. The highest BCUT2D eigenvalue weighted by Crippen LogP contribution is 2.44. The van der Waals surface area contributed by atoms with E-state index in [0.29, 0.717) is 35.1 Å². The lowest BCUT2D eigenvalue weighted by atomic mass is 9.99. The van der Waals surface area contributed by atoms with E-state index in [-0.39, 0.29) is 24.4 Å². The van der Waals surface area contributed by atoms with E-state index in [2.05, 4.69) is 10.4 Å². The maximum atomic E-state index is 13.1. The average molecular weight is 456 g/mol. The molecule has 10 heteroatoms. The third-order valence-corrected chi connectivity index (χ3v) is 5.89. The number of nitrogens with one attached hydrogen (secondary N) is 1. The summed E-state index contributed by atoms with van der Waals surface area (Å²) in [5.74, 6) is 0.0490. The Morgan fingerprint density at radius 2 is 1.97 bits per heavy atom. The summed E-state index contributed by atoms with van der Waals surface area (Å²) in [6, 6.07) is 3.35. The van der Waals surface area contributed by atoms with Gasteiger partial charge in [-0.05, 0) is 37.8 Å². The van der Waals surface area contributed by atoms with Crippen LogP contribution in [0.2, 0.25) is 0 Å². The maximum Gasteiger partial charge on any atom is 0.411 e. The second-order valence-corrected chi connectivity index (χ2v) is 9.05. The zero-order valence-electron chi connectivity index (χ0n) is 19.2. The van der Waals surface area contributed by atoms with E-state index in [1.54, 1.807) is 23.2 Å². The lowest BCUT2D eigenvalue weighted by molar-refractivity contribution is -0.119. The van der Waals surface area contributed by atoms with Crippen LogP contribution in [0.1, 0.15) is 46.1 Å². The minimum atomic E-state index is -1.10. The Kier molecular flexibility index (Phi) is 6.01. The van der Waals surface area contributed by atoms with E-state index >= 15 is 0 Å². The van der Waals surface area contributed by atoms with Gasteiger partial charge >= 0.3 is 12.2 Å². The Morgan fingerprint density at radius 1 is 1.24 bits per heavy atom. The molecule has 1 fully saturated rings. The van der Waals surface area contributed by atoms with Crippen LogP contribution in [0.5, 0.6) is 0 Å². The van der Waals surface area contributed by atoms with E-state index in [9.17, 15) is 19.5 Å². The van der Waals surface area contributed by atoms with Crippen molar-refractivity contribution in [3.8, 4) is 11.1 Å². The van der Waals surface area contributed by atoms with Crippen molar-refractivity contribution in [1.29, 1.82) is 0 Å². The van der Waals surface area contributed by atoms with Crippen molar-refractivity contribution < 1.29 is 24.2 Å². The van der Waals surface area contributed by atoms with Crippen LogP contribution in [-0.2, 0) is 9.53 Å². The van der Waals surface area contributed by atoms with Crippen LogP contribution in [-0.4, -0.2) is 52.7 Å². The molecule has 176 valence electrons. The minimum absolute atomic E-state index is 0.0953. The van der Waals surface area contributed by atoms with Crippen molar-refractivity contribution in [2.45, 2.75) is 52.1 Å². The van der Waals surface area contributed by atoms with Crippen molar-refractivity contribution in [3.05, 3.63) is 24.5 Å². The molecule has 2 heterocycles. The van der Waals surface area contributed by atoms with Crippen LogP contribution in [0.4, 0.5) is 26.7 Å². The molecule has 0 bridgehead atoms. The van der Waals surface area contributed by atoms with Gasteiger partial charge in [0.1, 0.15) is 0 Å². The number of hydrogen-bond donors (Lipinski definition) is 2. The number of carbonyl (C=O) groups excluding carboxylic acids is 2. The quantitative estimate of drug-likeness (QED) is 0.693. The zero-order valence-corrected chi connectivity index (χ0v) is 19.2. The van der Waals surface area contributed by atoms with E-state index in [1.165, 1.54) is 12.0 Å². The summed E-state index contributed by atoms with van der Waals surface area (Å²) in [4.78, 5) is 40.2. The first-order valence-electron chi connectivity index (χ1n) is 11.1. The summed E-state index contributed by atoms with van der Waals surface area (Å²) in [6.45, 7) is 5.89. The molecule has 0 spiro atoms. The molecule has 1 aromatic carbocycles. The number of aromatic nitrogens is 2. The van der Waals surface area contributed by atoms with Crippen molar-refractivity contribution in [2.24, 2.45) is 5.92 Å². The summed E-state index contributed by atoms with van der Waals surface area (Å²) >= 11 is 0. The molecule has 10 nitrogen and oxygen atoms in total. The largest absolute Gasteiger partial charge is 0.465 e. The van der Waals surface area contributed by atoms with Gasteiger partial charge in [-0.2, -0.15) is 5.10 Å². The lowest BCUT2D eigenvalue weighted by Gasteiger charge is -2.41. The Bertz CT molecular complexity index is 1090. The number of amides is 3. The number of benzene rings is 1. The van der Waals surface area contributed by atoms with E-state index < -0.39 is 12.2 Å². The Balaban J connectivity index is 1.87. The van der Waals surface area contributed by atoms with Gasteiger partial charge in [-0.25, -0.2) is 9.59 Å². The van der Waals surface area contributed by atoms with Crippen molar-refractivity contribution in [1.82, 2.24) is 9.78 Å². The molecule has 0 saturated heterocycles. The van der Waals surface area contributed by atoms with Crippen molar-refractivity contribution >= 4 is 35.2 Å². The number of fused-ring (bicyclic) bond motifs is 1. The molecule has 1 aliphatic heterocycles. The number of ether oxygens (including phenoxy) is 1. The maximum absolute atomic E-state index is 13.1. The summed E-state index contributed by atoms with van der Waals surface area (Å²) in [7, 11) is 1.27. The smallest absolute Gasteiger partial charge is 0.411 e. The molecule has 1 aliphatic carbocycles. The van der Waals surface area contributed by atoms with Crippen LogP contribution >= 0.6 is 0 Å². The standard InChI is InChI=1S/C23H29N5O5/c1-13(2)7-21(29)28-14(3)11-26(23(31)32)19-8-17(15-10-24-27(12-15)16-5-6-16)18(9-20(19)28)25-22(30)33-4/h8-10,12-14,16H,5-7,11H2,1-4H3,(H,25,30)(H,31,32). The van der Waals surface area contributed by atoms with Gasteiger partial charge in [-0.15, -0.1) is 0 Å². The molecule has 0 radical (unpaired) electrons. The second kappa shape index (κ2) is 8.76. The molecular formula is C23H29N5O5. The molecule has 2 aromatic rings. The highest BCUT2D eigenvalue weighted by atomic mass is 16.5. The molecule has 4 rings (SSSR count). The fourth-order valence-electron chi connectivity index (χ4n) is 4.20. The van der Waals surface area contributed by atoms with Crippen LogP contribution in [0, 0.1) is 5.92 Å². The van der Waals surface area contributed by atoms with Gasteiger partial charge in [0, 0.05) is 30.3 Å². The molecule has 2 aliphatic rings. The third kappa shape index (κ3) is 4.50. The summed E-state index contributed by atoms with van der Waals surface area (Å²) in [5.41, 5.74) is 2.58. The minimum Gasteiger partial charge on any atom is -0.465 e. The van der Waals surface area contributed by atoms with Crippen LogP contribution in [0.15, 0.2) is 24.5 Å².